The summed E-state index contributed by atoms with van der Waals surface area (Å²) in [5.41, 5.74) is 1.19. The Labute approximate surface area is 90.3 Å². The van der Waals surface area contributed by atoms with Gasteiger partial charge in [0.15, 0.2) is 0 Å². The summed E-state index contributed by atoms with van der Waals surface area (Å²) >= 11 is 0. The second kappa shape index (κ2) is 4.77. The molecule has 0 spiro atoms. The molecule has 84 valence electrons. The lowest BCUT2D eigenvalue weighted by molar-refractivity contribution is 0.130. The number of nitrogens with zero attached hydrogens (tertiary/aromatic N) is 2. The number of aromatic nitrogens is 2. The molecule has 1 fully saturated rings. The van der Waals surface area contributed by atoms with E-state index in [9.17, 15) is 5.11 Å². The van der Waals surface area contributed by atoms with Crippen molar-refractivity contribution in [1.29, 1.82) is 0 Å². The Morgan fingerprint density at radius 3 is 3.13 bits per heavy atom. The van der Waals surface area contributed by atoms with Crippen LogP contribution in [0.15, 0.2) is 12.4 Å². The van der Waals surface area contributed by atoms with Gasteiger partial charge in [-0.15, -0.1) is 0 Å². The third kappa shape index (κ3) is 2.38. The summed E-state index contributed by atoms with van der Waals surface area (Å²) in [5.74, 6) is 0. The maximum Gasteiger partial charge on any atom is 0.0778 e. The first kappa shape index (κ1) is 10.6. The average molecular weight is 209 g/mol. The molecule has 1 aromatic rings. The zero-order chi connectivity index (χ0) is 10.7. The molecule has 0 amide bonds. The standard InChI is InChI=1S/C11H19N3O/c1-2-12-6-9-7-13-14(8-9)10-4-3-5-11(10)15/h7-8,10-12,15H,2-6H2,1H3. The van der Waals surface area contributed by atoms with Crippen molar-refractivity contribution in [3.05, 3.63) is 18.0 Å². The lowest BCUT2D eigenvalue weighted by Crippen LogP contribution is -2.18. The van der Waals surface area contributed by atoms with Crippen molar-refractivity contribution in [2.75, 3.05) is 6.54 Å². The van der Waals surface area contributed by atoms with Gasteiger partial charge in [0.25, 0.3) is 0 Å². The maximum absolute atomic E-state index is 9.75. The number of aliphatic hydroxyl groups is 1. The molecular formula is C11H19N3O. The van der Waals surface area contributed by atoms with Crippen LogP contribution in [0.3, 0.4) is 0 Å². The van der Waals surface area contributed by atoms with E-state index in [1.165, 1.54) is 5.56 Å². The molecule has 1 aliphatic rings. The van der Waals surface area contributed by atoms with Crippen molar-refractivity contribution in [2.45, 2.75) is 44.9 Å². The van der Waals surface area contributed by atoms with Gasteiger partial charge < -0.3 is 10.4 Å². The Morgan fingerprint density at radius 2 is 2.47 bits per heavy atom. The molecule has 4 nitrogen and oxygen atoms in total. The zero-order valence-electron chi connectivity index (χ0n) is 9.19. The summed E-state index contributed by atoms with van der Waals surface area (Å²) in [6.45, 7) is 3.92. The molecule has 15 heavy (non-hydrogen) atoms. The topological polar surface area (TPSA) is 50.1 Å². The van der Waals surface area contributed by atoms with E-state index in [4.69, 9.17) is 0 Å². The number of aliphatic hydroxyl groups excluding tert-OH is 1. The van der Waals surface area contributed by atoms with Gasteiger partial charge in [-0.2, -0.15) is 5.10 Å². The van der Waals surface area contributed by atoms with Crippen LogP contribution in [0, 0.1) is 0 Å². The Morgan fingerprint density at radius 1 is 1.60 bits per heavy atom. The Kier molecular flexibility index (Phi) is 3.38. The molecule has 2 rings (SSSR count). The van der Waals surface area contributed by atoms with Gasteiger partial charge in [-0.25, -0.2) is 0 Å². The molecule has 1 aliphatic carbocycles. The summed E-state index contributed by atoms with van der Waals surface area (Å²) in [6.07, 6.45) is 6.78. The van der Waals surface area contributed by atoms with E-state index in [-0.39, 0.29) is 12.1 Å². The van der Waals surface area contributed by atoms with E-state index in [1.807, 2.05) is 17.1 Å². The molecule has 0 bridgehead atoms. The molecule has 0 radical (unpaired) electrons. The minimum atomic E-state index is -0.211. The SMILES string of the molecule is CCNCc1cnn(C2CCCC2O)c1. The molecule has 2 unspecified atom stereocenters. The largest absolute Gasteiger partial charge is 0.391 e. The van der Waals surface area contributed by atoms with Crippen molar-refractivity contribution in [3.8, 4) is 0 Å². The zero-order valence-corrected chi connectivity index (χ0v) is 9.19. The highest BCUT2D eigenvalue weighted by Crippen LogP contribution is 2.29. The summed E-state index contributed by atoms with van der Waals surface area (Å²) in [6, 6.07) is 0.195. The molecule has 1 saturated carbocycles. The van der Waals surface area contributed by atoms with Gasteiger partial charge in [-0.1, -0.05) is 6.92 Å². The summed E-state index contributed by atoms with van der Waals surface area (Å²) in [4.78, 5) is 0. The third-order valence-electron chi connectivity index (χ3n) is 3.02. The van der Waals surface area contributed by atoms with Crippen molar-refractivity contribution >= 4 is 0 Å². The molecule has 0 saturated heterocycles. The third-order valence-corrected chi connectivity index (χ3v) is 3.02. The quantitative estimate of drug-likeness (QED) is 0.780. The van der Waals surface area contributed by atoms with E-state index >= 15 is 0 Å². The summed E-state index contributed by atoms with van der Waals surface area (Å²) in [7, 11) is 0. The van der Waals surface area contributed by atoms with Crippen LogP contribution in [0.1, 0.15) is 37.8 Å². The molecular weight excluding hydrogens is 190 g/mol. The van der Waals surface area contributed by atoms with Crippen LogP contribution >= 0.6 is 0 Å². The van der Waals surface area contributed by atoms with Crippen LogP contribution in [0.5, 0.6) is 0 Å². The van der Waals surface area contributed by atoms with E-state index in [0.29, 0.717) is 0 Å². The number of hydrogen-bond acceptors (Lipinski definition) is 3. The first-order valence-corrected chi connectivity index (χ1v) is 5.73. The van der Waals surface area contributed by atoms with Crippen LogP contribution in [0.25, 0.3) is 0 Å². The Bertz CT molecular complexity index is 311. The lowest BCUT2D eigenvalue weighted by Gasteiger charge is -2.14. The van der Waals surface area contributed by atoms with Gasteiger partial charge in [0, 0.05) is 18.3 Å². The first-order chi connectivity index (χ1) is 7.31. The average Bonchev–Trinajstić information content (AvgIpc) is 2.83. The Balaban J connectivity index is 1.99. The highest BCUT2D eigenvalue weighted by Gasteiger charge is 2.27. The van der Waals surface area contributed by atoms with Crippen LogP contribution in [-0.4, -0.2) is 27.5 Å². The maximum atomic E-state index is 9.75. The van der Waals surface area contributed by atoms with Gasteiger partial charge in [-0.05, 0) is 25.8 Å². The molecule has 1 aromatic heterocycles. The van der Waals surface area contributed by atoms with Gasteiger partial charge in [0.2, 0.25) is 0 Å². The minimum Gasteiger partial charge on any atom is -0.391 e. The predicted molar refractivity (Wildman–Crippen MR) is 58.5 cm³/mol. The predicted octanol–water partition coefficient (Wildman–Crippen LogP) is 1.08. The van der Waals surface area contributed by atoms with Gasteiger partial charge >= 0.3 is 0 Å². The fourth-order valence-electron chi connectivity index (χ4n) is 2.15. The first-order valence-electron chi connectivity index (χ1n) is 5.73. The van der Waals surface area contributed by atoms with Gasteiger partial charge in [0.1, 0.15) is 0 Å². The van der Waals surface area contributed by atoms with Gasteiger partial charge in [-0.3, -0.25) is 4.68 Å². The van der Waals surface area contributed by atoms with E-state index in [0.717, 1.165) is 32.4 Å². The van der Waals surface area contributed by atoms with E-state index < -0.39 is 0 Å². The number of nitrogens with one attached hydrogen (secondary N) is 1. The second-order valence-corrected chi connectivity index (χ2v) is 4.17. The monoisotopic (exact) mass is 209 g/mol. The Hall–Kier alpha value is -0.870. The highest BCUT2D eigenvalue weighted by molar-refractivity contribution is 5.04. The van der Waals surface area contributed by atoms with E-state index in [1.54, 1.807) is 0 Å². The normalized spacial score (nSPS) is 26.0. The molecule has 4 heteroatoms. The van der Waals surface area contributed by atoms with E-state index in [2.05, 4.69) is 17.3 Å². The van der Waals surface area contributed by atoms with Crippen molar-refractivity contribution < 1.29 is 5.11 Å². The number of hydrogen-bond donors (Lipinski definition) is 2. The minimum absolute atomic E-state index is 0.195. The molecule has 0 aromatic carbocycles. The fourth-order valence-corrected chi connectivity index (χ4v) is 2.15. The number of rotatable bonds is 4. The molecule has 2 atom stereocenters. The lowest BCUT2D eigenvalue weighted by atomic mass is 10.2. The molecule has 0 aliphatic heterocycles. The van der Waals surface area contributed by atoms with Crippen molar-refractivity contribution in [3.63, 3.8) is 0 Å². The van der Waals surface area contributed by atoms with Crippen LogP contribution in [-0.2, 0) is 6.54 Å². The van der Waals surface area contributed by atoms with Crippen LogP contribution in [0.4, 0.5) is 0 Å². The van der Waals surface area contributed by atoms with Crippen molar-refractivity contribution in [1.82, 2.24) is 15.1 Å². The fraction of sp³-hybridized carbons (Fsp3) is 0.727. The highest BCUT2D eigenvalue weighted by atomic mass is 16.3. The molecule has 2 N–H and O–H groups in total. The smallest absolute Gasteiger partial charge is 0.0778 e. The summed E-state index contributed by atoms with van der Waals surface area (Å²) in [5, 5.41) is 17.3. The van der Waals surface area contributed by atoms with Gasteiger partial charge in [0.05, 0.1) is 18.3 Å². The molecule has 1 heterocycles. The second-order valence-electron chi connectivity index (χ2n) is 4.17. The van der Waals surface area contributed by atoms with Crippen LogP contribution in [0.2, 0.25) is 0 Å². The summed E-state index contributed by atoms with van der Waals surface area (Å²) < 4.78 is 1.92. The van der Waals surface area contributed by atoms with Crippen molar-refractivity contribution in [2.24, 2.45) is 0 Å². The van der Waals surface area contributed by atoms with Crippen LogP contribution < -0.4 is 5.32 Å².